The van der Waals surface area contributed by atoms with Crippen LogP contribution >= 0.6 is 0 Å². The molecular formula is C53H63EuF21N8O6+3. The molecule has 3 aromatic heterocycles. The number of nitrogens with zero attached hydrogens (tertiary/aromatic N) is 8. The van der Waals surface area contributed by atoms with Crippen LogP contribution in [0, 0.1) is 93.3 Å². The maximum Gasteiger partial charge on any atom is 3.00 e. The molecule has 0 saturated heterocycles. The molecule has 0 aliphatic rings. The third-order valence-electron chi connectivity index (χ3n) is 11.7. The van der Waals surface area contributed by atoms with E-state index in [9.17, 15) is 107 Å². The van der Waals surface area contributed by atoms with Gasteiger partial charge in [0, 0.05) is 64.1 Å². The predicted octanol–water partition coefficient (Wildman–Crippen LogP) is 15.4. The van der Waals surface area contributed by atoms with Crippen molar-refractivity contribution in [1.82, 2.24) is 34.5 Å². The van der Waals surface area contributed by atoms with Gasteiger partial charge in [0.2, 0.25) is 11.6 Å². The molecule has 4 rings (SSSR count). The standard InChI is InChI=1S/C23H28N8.C10H13F7O2.2C10H11F7O2.Eu/c1-7-29(8-2)20-11-9-19(10-12-20)21-24-22(30-17(5)13-15(3)27-30)26-23(25-21)31-18(6)14-16(4)28-31;3*1-7(2,3)5(18)4-6(19)8(11,12)9(13,14)10(15,16)17;/h9-14H,7-8H2,1-6H3;4,6,18-19H,1-3H3;2*4,18H,1-3H3;/q;;;;+3. The van der Waals surface area contributed by atoms with Crippen molar-refractivity contribution in [3.63, 3.8) is 0 Å². The molecule has 4 N–H and O–H groups in total. The maximum atomic E-state index is 13.0. The number of anilines is 1. The van der Waals surface area contributed by atoms with E-state index in [1.165, 1.54) is 68.0 Å². The number of carbonyl (C=O) groups excluding carboxylic acids is 2. The van der Waals surface area contributed by atoms with Gasteiger partial charge in [-0.05, 0) is 84.0 Å². The molecule has 89 heavy (non-hydrogen) atoms. The molecule has 1 aromatic carbocycles. The number of aliphatic hydroxyl groups excluding tert-OH is 4. The third-order valence-corrected chi connectivity index (χ3v) is 11.7. The SMILES string of the molecule is CC(C)(C)C(O)=CC(=O)C(F)(F)C(F)(F)C(F)(F)F.CC(C)(C)C(O)=CC(=O)C(F)(F)C(F)(F)C(F)(F)F.CC(C)(C)C(O)=CC(O)C(F)(F)C(F)(F)C(F)(F)F.CCN(CC)c1ccc(-c2nc(-n3nc(C)cc3C)nc(-n3nc(C)cc3C)n2)cc1.[Eu+3]. The molecule has 0 spiro atoms. The van der Waals surface area contributed by atoms with Gasteiger partial charge in [-0.2, -0.15) is 117 Å². The molecule has 3 heterocycles. The number of aliphatic hydroxyl groups is 4. The first-order valence-corrected chi connectivity index (χ1v) is 25.2. The van der Waals surface area contributed by atoms with Gasteiger partial charge in [0.15, 0.2) is 5.82 Å². The average Bonchev–Trinajstić information content (AvgIpc) is 1.46. The van der Waals surface area contributed by atoms with Gasteiger partial charge in [-0.1, -0.05) is 62.3 Å². The first-order chi connectivity index (χ1) is 39.0. The number of ketones is 2. The molecule has 0 bridgehead atoms. The number of benzene rings is 1. The Morgan fingerprint density at radius 2 is 0.809 bits per heavy atom. The van der Waals surface area contributed by atoms with Crippen LogP contribution in [0.4, 0.5) is 97.9 Å². The van der Waals surface area contributed by atoms with Crippen LogP contribution in [0.2, 0.25) is 0 Å². The van der Waals surface area contributed by atoms with Crippen molar-refractivity contribution >= 4 is 17.3 Å². The van der Waals surface area contributed by atoms with E-state index in [1.807, 2.05) is 39.8 Å². The number of aryl methyl sites for hydroxylation is 4. The summed E-state index contributed by atoms with van der Waals surface area (Å²) in [6, 6.07) is 12.3. The molecule has 14 nitrogen and oxygen atoms in total. The van der Waals surface area contributed by atoms with Crippen LogP contribution in [-0.4, -0.2) is 140 Å². The largest absolute Gasteiger partial charge is 3.00 e. The second-order valence-corrected chi connectivity index (χ2v) is 22.2. The summed E-state index contributed by atoms with van der Waals surface area (Å²) >= 11 is 0. The van der Waals surface area contributed by atoms with Gasteiger partial charge in [-0.25, -0.2) is 9.36 Å². The number of hydrogen-bond donors (Lipinski definition) is 4. The summed E-state index contributed by atoms with van der Waals surface area (Å²) < 4.78 is 262. The molecule has 0 fully saturated rings. The van der Waals surface area contributed by atoms with Crippen LogP contribution in [0.3, 0.4) is 0 Å². The van der Waals surface area contributed by atoms with Gasteiger partial charge in [0.25, 0.3) is 11.9 Å². The summed E-state index contributed by atoms with van der Waals surface area (Å²) in [5.41, 5.74) is 2.16. The predicted molar refractivity (Wildman–Crippen MR) is 276 cm³/mol. The molecule has 36 heteroatoms. The zero-order chi connectivity index (χ0) is 69.7. The number of rotatable bonds is 15. The molecule has 0 aliphatic heterocycles. The summed E-state index contributed by atoms with van der Waals surface area (Å²) in [4.78, 5) is 38.2. The number of halogens is 21. The topological polar surface area (TPSA) is 193 Å². The molecule has 0 aliphatic carbocycles. The van der Waals surface area contributed by atoms with E-state index in [1.54, 1.807) is 9.36 Å². The summed E-state index contributed by atoms with van der Waals surface area (Å²) in [6.07, 6.45) is -23.9. The third kappa shape index (κ3) is 20.2. The zero-order valence-corrected chi connectivity index (χ0v) is 52.1. The molecule has 1 atom stereocenters. The smallest absolute Gasteiger partial charge is 0.512 e. The Kier molecular flexibility index (Phi) is 27.6. The summed E-state index contributed by atoms with van der Waals surface area (Å²) in [7, 11) is 0. The number of carbonyl (C=O) groups is 2. The Balaban J connectivity index is 0.00000119. The minimum absolute atomic E-state index is 0. The second kappa shape index (κ2) is 29.4. The van der Waals surface area contributed by atoms with Gasteiger partial charge in [-0.3, -0.25) is 9.59 Å². The van der Waals surface area contributed by atoms with E-state index in [2.05, 4.69) is 53.2 Å². The monoisotopic (exact) mass is 1460 g/mol. The molecule has 502 valence electrons. The molecule has 1 unspecified atom stereocenters. The van der Waals surface area contributed by atoms with Gasteiger partial charge < -0.3 is 25.3 Å². The van der Waals surface area contributed by atoms with Crippen molar-refractivity contribution in [1.29, 1.82) is 0 Å². The maximum absolute atomic E-state index is 13.0. The fourth-order valence-electron chi connectivity index (χ4n) is 6.15. The van der Waals surface area contributed by atoms with Crippen LogP contribution in [0.15, 0.2) is 71.9 Å². The van der Waals surface area contributed by atoms with Crippen molar-refractivity contribution in [3.8, 4) is 23.3 Å². The van der Waals surface area contributed by atoms with E-state index >= 15 is 0 Å². The first-order valence-electron chi connectivity index (χ1n) is 25.2. The Labute approximate surface area is 536 Å². The molecule has 4 aromatic rings. The van der Waals surface area contributed by atoms with Crippen molar-refractivity contribution in [3.05, 3.63) is 94.7 Å². The van der Waals surface area contributed by atoms with Crippen LogP contribution in [0.5, 0.6) is 0 Å². The molecule has 0 amide bonds. The molecule has 0 radical (unpaired) electrons. The Morgan fingerprint density at radius 1 is 0.506 bits per heavy atom. The summed E-state index contributed by atoms with van der Waals surface area (Å²) in [6.45, 7) is 25.4. The van der Waals surface area contributed by atoms with Gasteiger partial charge in [-0.15, -0.1) is 0 Å². The van der Waals surface area contributed by atoms with Crippen LogP contribution in [0.25, 0.3) is 23.3 Å². The number of alkyl halides is 21. The van der Waals surface area contributed by atoms with Crippen molar-refractivity contribution < 1.29 is 172 Å². The second-order valence-electron chi connectivity index (χ2n) is 22.2. The number of hydrogen-bond acceptors (Lipinski definition) is 12. The van der Waals surface area contributed by atoms with Crippen LogP contribution < -0.4 is 4.90 Å². The zero-order valence-electron chi connectivity index (χ0n) is 49.7. The van der Waals surface area contributed by atoms with Gasteiger partial charge >= 0.3 is 103 Å². The van der Waals surface area contributed by atoms with E-state index < -0.39 is 105 Å². The van der Waals surface area contributed by atoms with E-state index in [0.717, 1.165) is 41.4 Å². The van der Waals surface area contributed by atoms with Gasteiger partial charge in [0.1, 0.15) is 17.6 Å². The minimum atomic E-state index is -6.59. The summed E-state index contributed by atoms with van der Waals surface area (Å²) in [5, 5.41) is 45.5. The normalized spacial score (nSPS) is 14.3. The molecule has 0 saturated carbocycles. The first kappa shape index (κ1) is 83.5. The van der Waals surface area contributed by atoms with Crippen molar-refractivity contribution in [2.24, 2.45) is 16.2 Å². The summed E-state index contributed by atoms with van der Waals surface area (Å²) in [5.74, 6) is -44.3. The number of aromatic nitrogens is 7. The number of allylic oxidation sites excluding steroid dienone is 5. The average molecular weight is 1460 g/mol. The van der Waals surface area contributed by atoms with E-state index in [0.29, 0.717) is 17.7 Å². The van der Waals surface area contributed by atoms with Crippen molar-refractivity contribution in [2.45, 2.75) is 164 Å². The molecular weight excluding hydrogens is 1400 g/mol. The van der Waals surface area contributed by atoms with Crippen LogP contribution in [0.1, 0.15) is 98.9 Å². The van der Waals surface area contributed by atoms with Gasteiger partial charge in [0.05, 0.1) is 17.1 Å². The van der Waals surface area contributed by atoms with Crippen molar-refractivity contribution in [2.75, 3.05) is 18.0 Å². The van der Waals surface area contributed by atoms with E-state index in [4.69, 9.17) is 30.3 Å². The fraction of sp³-hybridized carbons (Fsp3) is 0.566. The van der Waals surface area contributed by atoms with Crippen LogP contribution in [-0.2, 0) is 9.59 Å². The fourth-order valence-corrected chi connectivity index (χ4v) is 6.15. The Hall–Kier alpha value is -5.52. The minimum Gasteiger partial charge on any atom is -0.512 e. The quantitative estimate of drug-likeness (QED) is 0.0501. The Bertz CT molecular complexity index is 2990. The van der Waals surface area contributed by atoms with E-state index in [-0.39, 0.29) is 67.6 Å². The Morgan fingerprint density at radius 3 is 1.06 bits per heavy atom.